The van der Waals surface area contributed by atoms with E-state index in [1.165, 1.54) is 18.6 Å². The third kappa shape index (κ3) is 4.88. The van der Waals surface area contributed by atoms with E-state index in [0.717, 1.165) is 0 Å². The second kappa shape index (κ2) is 4.88. The Hall–Kier alpha value is -1.12. The fourth-order valence-electron chi connectivity index (χ4n) is 0.138. The Bertz CT molecular complexity index is 93.1. The van der Waals surface area contributed by atoms with Crippen LogP contribution in [0.15, 0.2) is 22.9 Å². The van der Waals surface area contributed by atoms with E-state index in [1.54, 1.807) is 0 Å². The molecule has 3 heteroatoms. The summed E-state index contributed by atoms with van der Waals surface area (Å²) >= 11 is 0. The zero-order valence-corrected chi connectivity index (χ0v) is 3.91. The molecule has 0 aromatic rings. The molecule has 7 heavy (non-hydrogen) atoms. The molecular weight excluding hydrogens is 90.1 g/mol. The van der Waals surface area contributed by atoms with Crippen LogP contribution in [-0.4, -0.2) is 12.4 Å². The molecule has 3 nitrogen and oxygen atoms in total. The number of nitrogens with zero attached hydrogens (tertiary/aromatic N) is 2. The summed E-state index contributed by atoms with van der Waals surface area (Å²) in [7, 11) is 0. The van der Waals surface area contributed by atoms with Crippen molar-refractivity contribution in [2.75, 3.05) is 0 Å². The number of aliphatic imine (C=N–C) groups is 1. The monoisotopic (exact) mass is 97.1 g/mol. The molecule has 0 spiro atoms. The van der Waals surface area contributed by atoms with Crippen LogP contribution in [-0.2, 0) is 0 Å². The molecule has 0 atom stereocenters. The lowest BCUT2D eigenvalue weighted by Crippen LogP contribution is -1.81. The molecule has 0 aromatic heterocycles. The molecule has 0 fully saturated rings. The molecule has 0 aliphatic rings. The van der Waals surface area contributed by atoms with Gasteiger partial charge in [0.2, 0.25) is 0 Å². The molecule has 0 rings (SSSR count). The summed E-state index contributed by atoms with van der Waals surface area (Å²) in [6.45, 7) is 3.33. The van der Waals surface area contributed by atoms with Gasteiger partial charge in [0, 0.05) is 12.4 Å². The minimum Gasteiger partial charge on any atom is -0.323 e. The molecule has 0 radical (unpaired) electrons. The van der Waals surface area contributed by atoms with Gasteiger partial charge in [-0.05, 0) is 0 Å². The first-order valence-corrected chi connectivity index (χ1v) is 1.77. The summed E-state index contributed by atoms with van der Waals surface area (Å²) in [4.78, 5) is 3.57. The van der Waals surface area contributed by atoms with Gasteiger partial charge >= 0.3 is 0 Å². The molecule has 2 N–H and O–H groups in total. The van der Waals surface area contributed by atoms with Crippen molar-refractivity contribution in [1.29, 1.82) is 0 Å². The van der Waals surface area contributed by atoms with Gasteiger partial charge in [-0.1, -0.05) is 6.58 Å². The van der Waals surface area contributed by atoms with Gasteiger partial charge in [0.1, 0.15) is 0 Å². The maximum Gasteiger partial charge on any atom is 0.0648 e. The van der Waals surface area contributed by atoms with Gasteiger partial charge in [-0.25, -0.2) is 0 Å². The highest BCUT2D eigenvalue weighted by atomic mass is 15.1. The van der Waals surface area contributed by atoms with Gasteiger partial charge in [-0.15, -0.1) is 0 Å². The minimum atomic E-state index is 1.38. The summed E-state index contributed by atoms with van der Waals surface area (Å²) in [5, 5.41) is 3.15. The van der Waals surface area contributed by atoms with Crippen LogP contribution in [0.25, 0.3) is 0 Å². The van der Waals surface area contributed by atoms with Crippen molar-refractivity contribution >= 4 is 12.4 Å². The van der Waals surface area contributed by atoms with Crippen LogP contribution in [0.4, 0.5) is 0 Å². The van der Waals surface area contributed by atoms with Crippen molar-refractivity contribution < 1.29 is 0 Å². The number of hydrogen-bond donors (Lipinski definition) is 1. The largest absolute Gasteiger partial charge is 0.323 e. The second-order valence-electron chi connectivity index (χ2n) is 0.779. The van der Waals surface area contributed by atoms with E-state index < -0.39 is 0 Å². The van der Waals surface area contributed by atoms with E-state index >= 15 is 0 Å². The van der Waals surface area contributed by atoms with Crippen LogP contribution in [0.2, 0.25) is 0 Å². The molecule has 38 valence electrons. The predicted molar refractivity (Wildman–Crippen MR) is 31.4 cm³/mol. The highest BCUT2D eigenvalue weighted by molar-refractivity contribution is 6.16. The Labute approximate surface area is 42.2 Å². The van der Waals surface area contributed by atoms with Crippen LogP contribution in [0, 0.1) is 0 Å². The van der Waals surface area contributed by atoms with Crippen molar-refractivity contribution in [3.63, 3.8) is 0 Å². The van der Waals surface area contributed by atoms with E-state index in [1.807, 2.05) is 0 Å². The molecule has 0 amide bonds. The van der Waals surface area contributed by atoms with Crippen LogP contribution in [0.3, 0.4) is 0 Å². The van der Waals surface area contributed by atoms with Crippen molar-refractivity contribution in [3.05, 3.63) is 12.8 Å². The number of hydrazone groups is 1. The second-order valence-corrected chi connectivity index (χ2v) is 0.779. The summed E-state index contributed by atoms with van der Waals surface area (Å²) in [5.41, 5.74) is 0. The van der Waals surface area contributed by atoms with Gasteiger partial charge in [0.15, 0.2) is 0 Å². The number of nitrogens with two attached hydrogens (primary N) is 1. The molecule has 0 aliphatic heterocycles. The summed E-state index contributed by atoms with van der Waals surface area (Å²) in [5.74, 6) is 4.71. The van der Waals surface area contributed by atoms with Crippen molar-refractivity contribution in [1.82, 2.24) is 0 Å². The SMILES string of the molecule is C=C/N=C\C=N/N. The molecule has 0 bridgehead atoms. The summed E-state index contributed by atoms with van der Waals surface area (Å²) in [6.07, 6.45) is 4.23. The fraction of sp³-hybridized carbons (Fsp3) is 0. The Morgan fingerprint density at radius 2 is 2.14 bits per heavy atom. The number of hydrogen-bond acceptors (Lipinski definition) is 3. The smallest absolute Gasteiger partial charge is 0.0648 e. The van der Waals surface area contributed by atoms with E-state index in [9.17, 15) is 0 Å². The zero-order chi connectivity index (χ0) is 5.54. The Kier molecular flexibility index (Phi) is 4.10. The third-order valence-electron chi connectivity index (χ3n) is 0.344. The van der Waals surface area contributed by atoms with Gasteiger partial charge < -0.3 is 5.84 Å². The van der Waals surface area contributed by atoms with Gasteiger partial charge in [0.05, 0.1) is 6.21 Å². The maximum absolute atomic E-state index is 4.71. The van der Waals surface area contributed by atoms with Crippen molar-refractivity contribution in [3.8, 4) is 0 Å². The minimum absolute atomic E-state index is 1.38. The first-order valence-electron chi connectivity index (χ1n) is 1.77. The summed E-state index contributed by atoms with van der Waals surface area (Å²) < 4.78 is 0. The quantitative estimate of drug-likeness (QED) is 0.297. The van der Waals surface area contributed by atoms with E-state index in [-0.39, 0.29) is 0 Å². The fourth-order valence-corrected chi connectivity index (χ4v) is 0.138. The Balaban J connectivity index is 3.27. The number of rotatable bonds is 2. The topological polar surface area (TPSA) is 50.7 Å². The van der Waals surface area contributed by atoms with Crippen LogP contribution in [0.1, 0.15) is 0 Å². The van der Waals surface area contributed by atoms with Crippen LogP contribution < -0.4 is 5.84 Å². The van der Waals surface area contributed by atoms with E-state index in [4.69, 9.17) is 5.84 Å². The van der Waals surface area contributed by atoms with Gasteiger partial charge in [0.25, 0.3) is 0 Å². The first kappa shape index (κ1) is 5.88. The molecule has 0 heterocycles. The van der Waals surface area contributed by atoms with E-state index in [2.05, 4.69) is 16.7 Å². The average molecular weight is 97.1 g/mol. The zero-order valence-electron chi connectivity index (χ0n) is 3.91. The standard InChI is InChI=1S/C4H7N3/c1-2-6-3-4-7-5/h2-4H,1,5H2/b6-3-,7-4-. The van der Waals surface area contributed by atoms with E-state index in [0.29, 0.717) is 0 Å². The normalized spacial score (nSPS) is 10.9. The first-order chi connectivity index (χ1) is 3.41. The molecular formula is C4H7N3. The van der Waals surface area contributed by atoms with Gasteiger partial charge in [-0.2, -0.15) is 5.10 Å². The average Bonchev–Trinajstić information content (AvgIpc) is 1.69. The lowest BCUT2D eigenvalue weighted by atomic mass is 10.8. The third-order valence-corrected chi connectivity index (χ3v) is 0.344. The lowest BCUT2D eigenvalue weighted by molar-refractivity contribution is 1.27. The molecule has 0 unspecified atom stereocenters. The molecule has 0 saturated carbocycles. The molecule has 0 aromatic carbocycles. The molecule has 0 aliphatic carbocycles. The highest BCUT2D eigenvalue weighted by Crippen LogP contribution is 1.58. The van der Waals surface area contributed by atoms with Crippen LogP contribution >= 0.6 is 0 Å². The Morgan fingerprint density at radius 3 is 2.57 bits per heavy atom. The maximum atomic E-state index is 4.71. The Morgan fingerprint density at radius 1 is 1.43 bits per heavy atom. The highest BCUT2D eigenvalue weighted by Gasteiger charge is 1.53. The predicted octanol–water partition coefficient (Wildman–Crippen LogP) is 0.145. The van der Waals surface area contributed by atoms with Crippen molar-refractivity contribution in [2.24, 2.45) is 15.9 Å². The summed E-state index contributed by atoms with van der Waals surface area (Å²) in [6, 6.07) is 0. The van der Waals surface area contributed by atoms with Gasteiger partial charge in [-0.3, -0.25) is 4.99 Å². The molecule has 0 saturated heterocycles. The lowest BCUT2D eigenvalue weighted by Gasteiger charge is -1.66. The van der Waals surface area contributed by atoms with Crippen LogP contribution in [0.5, 0.6) is 0 Å². The van der Waals surface area contributed by atoms with Crippen molar-refractivity contribution in [2.45, 2.75) is 0 Å².